The number of rotatable bonds is 5. The molecule has 0 atom stereocenters. The van der Waals surface area contributed by atoms with Gasteiger partial charge in [-0.05, 0) is 42.3 Å². The number of piperazine rings is 1. The van der Waals surface area contributed by atoms with E-state index in [0.29, 0.717) is 6.54 Å². The molecule has 1 N–H and O–H groups in total. The highest BCUT2D eigenvalue weighted by Crippen LogP contribution is 2.26. The predicted molar refractivity (Wildman–Crippen MR) is 117 cm³/mol. The number of benzene rings is 2. The molecule has 0 aliphatic carbocycles. The van der Waals surface area contributed by atoms with Gasteiger partial charge in [0, 0.05) is 37.8 Å². The van der Waals surface area contributed by atoms with Gasteiger partial charge in [0.05, 0.1) is 12.7 Å². The van der Waals surface area contributed by atoms with Crippen molar-refractivity contribution in [2.45, 2.75) is 19.9 Å². The van der Waals surface area contributed by atoms with E-state index in [9.17, 15) is 4.79 Å². The molecule has 1 amide bonds. The van der Waals surface area contributed by atoms with Crippen LogP contribution in [-0.4, -0.2) is 59.8 Å². The van der Waals surface area contributed by atoms with Gasteiger partial charge in [-0.1, -0.05) is 36.4 Å². The summed E-state index contributed by atoms with van der Waals surface area (Å²) in [7, 11) is 0. The number of aromatic nitrogens is 2. The van der Waals surface area contributed by atoms with Crippen molar-refractivity contribution in [2.24, 2.45) is 0 Å². The zero-order valence-electron chi connectivity index (χ0n) is 17.0. The van der Waals surface area contributed by atoms with Crippen molar-refractivity contribution in [3.05, 3.63) is 54.7 Å². The molecule has 150 valence electrons. The molecular formula is C23H27N5O. The number of nitrogens with one attached hydrogen (secondary N) is 1. The van der Waals surface area contributed by atoms with Crippen LogP contribution >= 0.6 is 0 Å². The lowest BCUT2D eigenvalue weighted by molar-refractivity contribution is -0.122. The number of anilines is 1. The first-order valence-corrected chi connectivity index (χ1v) is 10.2. The van der Waals surface area contributed by atoms with Gasteiger partial charge in [-0.25, -0.2) is 0 Å². The third-order valence-electron chi connectivity index (χ3n) is 5.24. The zero-order valence-corrected chi connectivity index (χ0v) is 17.0. The Hall–Kier alpha value is -2.99. The molecule has 1 aromatic heterocycles. The van der Waals surface area contributed by atoms with E-state index in [2.05, 4.69) is 73.8 Å². The highest BCUT2D eigenvalue weighted by Gasteiger charge is 2.20. The number of hydrogen-bond donors (Lipinski definition) is 1. The molecule has 1 aliphatic heterocycles. The number of amides is 1. The van der Waals surface area contributed by atoms with Crippen LogP contribution in [0, 0.1) is 0 Å². The fourth-order valence-corrected chi connectivity index (χ4v) is 3.74. The van der Waals surface area contributed by atoms with E-state index in [-0.39, 0.29) is 11.9 Å². The Morgan fingerprint density at radius 3 is 2.52 bits per heavy atom. The predicted octanol–water partition coefficient (Wildman–Crippen LogP) is 2.94. The van der Waals surface area contributed by atoms with E-state index in [0.717, 1.165) is 43.1 Å². The maximum atomic E-state index is 12.0. The quantitative estimate of drug-likeness (QED) is 0.727. The smallest absolute Gasteiger partial charge is 0.234 e. The van der Waals surface area contributed by atoms with Gasteiger partial charge in [-0.3, -0.25) is 9.69 Å². The molecule has 0 saturated carbocycles. The summed E-state index contributed by atoms with van der Waals surface area (Å²) in [5.74, 6) is 0.980. The van der Waals surface area contributed by atoms with Gasteiger partial charge >= 0.3 is 0 Å². The van der Waals surface area contributed by atoms with Gasteiger partial charge in [0.25, 0.3) is 0 Å². The average Bonchev–Trinajstić information content (AvgIpc) is 2.73. The Balaban J connectivity index is 1.43. The van der Waals surface area contributed by atoms with Crippen LogP contribution in [0.4, 0.5) is 5.82 Å². The number of nitrogens with zero attached hydrogens (tertiary/aromatic N) is 4. The van der Waals surface area contributed by atoms with Crippen LogP contribution in [0.3, 0.4) is 0 Å². The summed E-state index contributed by atoms with van der Waals surface area (Å²) < 4.78 is 0. The third-order valence-corrected chi connectivity index (χ3v) is 5.24. The van der Waals surface area contributed by atoms with Crippen molar-refractivity contribution < 1.29 is 4.79 Å². The Bertz CT molecular complexity index is 995. The lowest BCUT2D eigenvalue weighted by Crippen LogP contribution is -2.50. The third kappa shape index (κ3) is 4.71. The maximum absolute atomic E-state index is 12.0. The first kappa shape index (κ1) is 19.3. The van der Waals surface area contributed by atoms with E-state index < -0.39 is 0 Å². The number of fused-ring (bicyclic) bond motifs is 1. The van der Waals surface area contributed by atoms with E-state index in [4.69, 9.17) is 0 Å². The minimum Gasteiger partial charge on any atom is -0.353 e. The van der Waals surface area contributed by atoms with Crippen LogP contribution < -0.4 is 10.2 Å². The van der Waals surface area contributed by atoms with Crippen molar-refractivity contribution in [3.8, 4) is 11.1 Å². The second kappa shape index (κ2) is 8.57. The maximum Gasteiger partial charge on any atom is 0.234 e. The van der Waals surface area contributed by atoms with Gasteiger partial charge in [0.2, 0.25) is 5.91 Å². The molecule has 1 aliphatic rings. The molecule has 4 rings (SSSR count). The average molecular weight is 390 g/mol. The van der Waals surface area contributed by atoms with E-state index in [1.54, 1.807) is 0 Å². The largest absolute Gasteiger partial charge is 0.353 e. The normalized spacial score (nSPS) is 15.1. The van der Waals surface area contributed by atoms with Crippen molar-refractivity contribution in [1.29, 1.82) is 0 Å². The first-order valence-electron chi connectivity index (χ1n) is 10.2. The summed E-state index contributed by atoms with van der Waals surface area (Å²) in [6.07, 6.45) is 1.82. The highest BCUT2D eigenvalue weighted by atomic mass is 16.2. The first-order chi connectivity index (χ1) is 14.1. The number of hydrogen-bond acceptors (Lipinski definition) is 5. The molecule has 2 aromatic carbocycles. The highest BCUT2D eigenvalue weighted by molar-refractivity contribution is 5.87. The minimum atomic E-state index is 0.0894. The van der Waals surface area contributed by atoms with Gasteiger partial charge < -0.3 is 10.2 Å². The van der Waals surface area contributed by atoms with Crippen molar-refractivity contribution in [1.82, 2.24) is 20.4 Å². The van der Waals surface area contributed by atoms with E-state index >= 15 is 0 Å². The number of carbonyl (C=O) groups excluding carboxylic acids is 1. The summed E-state index contributed by atoms with van der Waals surface area (Å²) in [5, 5.41) is 14.0. The van der Waals surface area contributed by atoms with Crippen molar-refractivity contribution >= 4 is 22.5 Å². The lowest BCUT2D eigenvalue weighted by Gasteiger charge is -2.34. The number of carbonyl (C=O) groups is 1. The Morgan fingerprint density at radius 2 is 1.76 bits per heavy atom. The van der Waals surface area contributed by atoms with Crippen LogP contribution in [0.5, 0.6) is 0 Å². The lowest BCUT2D eigenvalue weighted by atomic mass is 10.0. The topological polar surface area (TPSA) is 61.4 Å². The molecule has 3 aromatic rings. The van der Waals surface area contributed by atoms with Crippen molar-refractivity contribution in [2.75, 3.05) is 37.6 Å². The Labute approximate surface area is 171 Å². The minimum absolute atomic E-state index is 0.0894. The summed E-state index contributed by atoms with van der Waals surface area (Å²) in [5.41, 5.74) is 2.21. The molecule has 0 radical (unpaired) electrons. The standard InChI is InChI=1S/C23H27N5O/c1-17(2)25-23(29)16-27-9-11-28(12-10-27)22-14-21(15-24-26-22)20-8-7-18-5-3-4-6-19(18)13-20/h3-8,13-15,17H,9-12,16H2,1-2H3,(H,25,29). The SMILES string of the molecule is CC(C)NC(=O)CN1CCN(c2cc(-c3ccc4ccccc4c3)cnn2)CC1. The molecule has 0 bridgehead atoms. The Morgan fingerprint density at radius 1 is 1.00 bits per heavy atom. The summed E-state index contributed by atoms with van der Waals surface area (Å²) in [6.45, 7) is 7.78. The van der Waals surface area contributed by atoms with Gasteiger partial charge in [-0.15, -0.1) is 5.10 Å². The zero-order chi connectivity index (χ0) is 20.2. The van der Waals surface area contributed by atoms with Crippen LogP contribution in [0.15, 0.2) is 54.7 Å². The van der Waals surface area contributed by atoms with Gasteiger partial charge in [0.1, 0.15) is 0 Å². The molecule has 1 saturated heterocycles. The Kier molecular flexibility index (Phi) is 5.71. The molecule has 6 nitrogen and oxygen atoms in total. The van der Waals surface area contributed by atoms with Crippen LogP contribution in [-0.2, 0) is 4.79 Å². The fourth-order valence-electron chi connectivity index (χ4n) is 3.74. The summed E-state index contributed by atoms with van der Waals surface area (Å²) >= 11 is 0. The second-order valence-electron chi connectivity index (χ2n) is 7.85. The molecule has 2 heterocycles. The summed E-state index contributed by atoms with van der Waals surface area (Å²) in [4.78, 5) is 16.4. The monoisotopic (exact) mass is 389 g/mol. The molecular weight excluding hydrogens is 362 g/mol. The van der Waals surface area contributed by atoms with E-state index in [1.165, 1.54) is 10.8 Å². The fraction of sp³-hybridized carbons (Fsp3) is 0.348. The molecule has 0 spiro atoms. The van der Waals surface area contributed by atoms with E-state index in [1.807, 2.05) is 20.0 Å². The van der Waals surface area contributed by atoms with Gasteiger partial charge in [-0.2, -0.15) is 5.10 Å². The van der Waals surface area contributed by atoms with Crippen molar-refractivity contribution in [3.63, 3.8) is 0 Å². The molecule has 1 fully saturated rings. The van der Waals surface area contributed by atoms with Crippen LogP contribution in [0.2, 0.25) is 0 Å². The second-order valence-corrected chi connectivity index (χ2v) is 7.85. The van der Waals surface area contributed by atoms with Crippen LogP contribution in [0.1, 0.15) is 13.8 Å². The van der Waals surface area contributed by atoms with Crippen LogP contribution in [0.25, 0.3) is 21.9 Å². The molecule has 6 heteroatoms. The van der Waals surface area contributed by atoms with Gasteiger partial charge in [0.15, 0.2) is 5.82 Å². The molecule has 29 heavy (non-hydrogen) atoms. The summed E-state index contributed by atoms with van der Waals surface area (Å²) in [6, 6.07) is 17.1. The molecule has 0 unspecified atom stereocenters.